The first-order chi connectivity index (χ1) is 7.25. The summed E-state index contributed by atoms with van der Waals surface area (Å²) < 4.78 is 4.83. The van der Waals surface area contributed by atoms with Crippen molar-refractivity contribution in [2.75, 3.05) is 0 Å². The van der Waals surface area contributed by atoms with Crippen molar-refractivity contribution in [2.45, 2.75) is 0 Å². The second kappa shape index (κ2) is 3.70. The van der Waals surface area contributed by atoms with Gasteiger partial charge in [-0.15, -0.1) is 15.3 Å². The molecule has 0 saturated carbocycles. The highest BCUT2D eigenvalue weighted by molar-refractivity contribution is 5.75. The molecule has 0 aliphatic carbocycles. The van der Waals surface area contributed by atoms with Gasteiger partial charge in [-0.2, -0.15) is 0 Å². The van der Waals surface area contributed by atoms with Gasteiger partial charge in [0.15, 0.2) is 5.76 Å². The van der Waals surface area contributed by atoms with Crippen molar-refractivity contribution in [3.05, 3.63) is 40.4 Å². The summed E-state index contributed by atoms with van der Waals surface area (Å²) in [5.41, 5.74) is 0. The Labute approximate surface area is 83.0 Å². The van der Waals surface area contributed by atoms with E-state index >= 15 is 0 Å². The minimum absolute atomic E-state index is 0.263. The molecule has 0 aromatic carbocycles. The first-order valence-corrected chi connectivity index (χ1v) is 3.90. The molecule has 2 aromatic rings. The van der Waals surface area contributed by atoms with Crippen LogP contribution in [0.25, 0.3) is 0 Å². The van der Waals surface area contributed by atoms with E-state index in [4.69, 9.17) is 4.42 Å². The second-order valence-corrected chi connectivity index (χ2v) is 2.48. The Morgan fingerprint density at radius 3 is 2.80 bits per heavy atom. The van der Waals surface area contributed by atoms with Crippen molar-refractivity contribution < 1.29 is 9.34 Å². The highest BCUT2D eigenvalue weighted by atomic mass is 16.6. The molecule has 2 rings (SSSR count). The van der Waals surface area contributed by atoms with E-state index in [1.54, 1.807) is 0 Å². The minimum Gasteiger partial charge on any atom is -0.400 e. The van der Waals surface area contributed by atoms with Crippen molar-refractivity contribution in [3.8, 4) is 0 Å². The molecule has 0 saturated heterocycles. The summed E-state index contributed by atoms with van der Waals surface area (Å²) in [6, 6.07) is 2.68. The summed E-state index contributed by atoms with van der Waals surface area (Å²) in [5, 5.41) is 21.5. The van der Waals surface area contributed by atoms with Gasteiger partial charge in [-0.25, -0.2) is 0 Å². The zero-order chi connectivity index (χ0) is 10.7. The number of furan rings is 1. The van der Waals surface area contributed by atoms with Gasteiger partial charge in [0.05, 0.1) is 24.7 Å². The lowest BCUT2D eigenvalue weighted by Gasteiger charge is -1.85. The Morgan fingerprint density at radius 1 is 1.47 bits per heavy atom. The third kappa shape index (κ3) is 2.05. The van der Waals surface area contributed by atoms with Crippen molar-refractivity contribution in [1.82, 2.24) is 15.1 Å². The molecule has 0 spiro atoms. The minimum atomic E-state index is -0.622. The highest BCUT2D eigenvalue weighted by Gasteiger charge is 2.10. The first-order valence-electron chi connectivity index (χ1n) is 3.90. The van der Waals surface area contributed by atoms with Crippen molar-refractivity contribution in [2.24, 2.45) is 5.10 Å². The van der Waals surface area contributed by atoms with Crippen LogP contribution in [0.3, 0.4) is 0 Å². The molecule has 0 unspecified atom stereocenters. The maximum absolute atomic E-state index is 10.3. The van der Waals surface area contributed by atoms with E-state index in [2.05, 4.69) is 15.3 Å². The van der Waals surface area contributed by atoms with E-state index in [9.17, 15) is 10.1 Å². The zero-order valence-electron chi connectivity index (χ0n) is 7.35. The molecule has 76 valence electrons. The first kappa shape index (κ1) is 9.06. The quantitative estimate of drug-likeness (QED) is 0.418. The summed E-state index contributed by atoms with van der Waals surface area (Å²) in [7, 11) is 0. The molecule has 0 fully saturated rings. The number of hydrogen-bond acceptors (Lipinski definition) is 6. The molecule has 0 N–H and O–H groups in total. The van der Waals surface area contributed by atoms with Crippen LogP contribution in [0, 0.1) is 10.1 Å². The van der Waals surface area contributed by atoms with Crippen LogP contribution in [-0.4, -0.2) is 26.2 Å². The number of aromatic nitrogens is 3. The fraction of sp³-hybridized carbons (Fsp3) is 0. The Bertz CT molecular complexity index is 486. The normalized spacial score (nSPS) is 10.9. The fourth-order valence-electron chi connectivity index (χ4n) is 0.887. The third-order valence-corrected chi connectivity index (χ3v) is 1.49. The predicted molar refractivity (Wildman–Crippen MR) is 48.4 cm³/mol. The lowest BCUT2D eigenvalue weighted by Crippen LogP contribution is -1.93. The smallest absolute Gasteiger partial charge is 0.400 e. The maximum Gasteiger partial charge on any atom is 0.433 e. The Morgan fingerprint density at radius 2 is 2.20 bits per heavy atom. The molecule has 8 nitrogen and oxygen atoms in total. The van der Waals surface area contributed by atoms with Gasteiger partial charge < -0.3 is 4.42 Å². The number of nitrogens with zero attached hydrogens (tertiary/aromatic N) is 5. The Kier molecular flexibility index (Phi) is 2.23. The summed E-state index contributed by atoms with van der Waals surface area (Å²) in [5.74, 6) is -0.0659. The Balaban J connectivity index is 2.14. The number of nitro groups is 1. The van der Waals surface area contributed by atoms with Crippen LogP contribution in [0.1, 0.15) is 5.76 Å². The van der Waals surface area contributed by atoms with E-state index in [0.717, 1.165) is 4.91 Å². The lowest BCUT2D eigenvalue weighted by molar-refractivity contribution is -0.402. The maximum atomic E-state index is 10.3. The van der Waals surface area contributed by atoms with E-state index in [-0.39, 0.29) is 11.6 Å². The van der Waals surface area contributed by atoms with E-state index in [1.807, 2.05) is 0 Å². The summed E-state index contributed by atoms with van der Waals surface area (Å²) in [6.07, 6.45) is 4.21. The largest absolute Gasteiger partial charge is 0.433 e. The van der Waals surface area contributed by atoms with Crippen LogP contribution in [0.5, 0.6) is 0 Å². The van der Waals surface area contributed by atoms with Crippen LogP contribution in [0.2, 0.25) is 0 Å². The van der Waals surface area contributed by atoms with Crippen LogP contribution < -0.4 is 0 Å². The van der Waals surface area contributed by atoms with Gasteiger partial charge in [-0.1, -0.05) is 4.91 Å². The average molecular weight is 207 g/mol. The second-order valence-electron chi connectivity index (χ2n) is 2.48. The number of hydrogen-bond donors (Lipinski definition) is 0. The molecule has 0 bridgehead atoms. The monoisotopic (exact) mass is 207 g/mol. The molecular formula is C7H5N5O3. The molecule has 8 heteroatoms. The van der Waals surface area contributed by atoms with Gasteiger partial charge in [-0.3, -0.25) is 10.1 Å². The summed E-state index contributed by atoms with van der Waals surface area (Å²) >= 11 is 0. The van der Waals surface area contributed by atoms with Gasteiger partial charge >= 0.3 is 5.88 Å². The van der Waals surface area contributed by atoms with E-state index < -0.39 is 4.92 Å². The Hall–Kier alpha value is -2.51. The SMILES string of the molecule is O=[N+]([O-])c1ccc(/C=N/n2nccn2)o1. The van der Waals surface area contributed by atoms with Gasteiger partial charge in [-0.05, 0) is 6.07 Å². The van der Waals surface area contributed by atoms with Gasteiger partial charge in [0.25, 0.3) is 0 Å². The van der Waals surface area contributed by atoms with Crippen LogP contribution in [0.15, 0.2) is 34.0 Å². The summed E-state index contributed by atoms with van der Waals surface area (Å²) in [6.45, 7) is 0. The zero-order valence-corrected chi connectivity index (χ0v) is 7.35. The third-order valence-electron chi connectivity index (χ3n) is 1.49. The van der Waals surface area contributed by atoms with Gasteiger partial charge in [0.1, 0.15) is 4.92 Å². The molecule has 2 heterocycles. The molecule has 2 aromatic heterocycles. The predicted octanol–water partition coefficient (Wildman–Crippen LogP) is 0.661. The molecule has 15 heavy (non-hydrogen) atoms. The molecule has 0 atom stereocenters. The molecule has 0 aliphatic heterocycles. The van der Waals surface area contributed by atoms with Crippen molar-refractivity contribution >= 4 is 12.1 Å². The van der Waals surface area contributed by atoms with Crippen LogP contribution in [0.4, 0.5) is 5.88 Å². The van der Waals surface area contributed by atoms with Crippen molar-refractivity contribution in [1.29, 1.82) is 0 Å². The molecular weight excluding hydrogens is 202 g/mol. The highest BCUT2D eigenvalue weighted by Crippen LogP contribution is 2.13. The number of rotatable bonds is 3. The van der Waals surface area contributed by atoms with Crippen LogP contribution >= 0.6 is 0 Å². The van der Waals surface area contributed by atoms with Crippen LogP contribution in [-0.2, 0) is 0 Å². The van der Waals surface area contributed by atoms with E-state index in [1.165, 1.54) is 30.7 Å². The van der Waals surface area contributed by atoms with Gasteiger partial charge in [0.2, 0.25) is 0 Å². The average Bonchev–Trinajstić information content (AvgIpc) is 2.86. The lowest BCUT2D eigenvalue weighted by atomic mass is 10.5. The van der Waals surface area contributed by atoms with Gasteiger partial charge in [0, 0.05) is 0 Å². The van der Waals surface area contributed by atoms with Crippen molar-refractivity contribution in [3.63, 3.8) is 0 Å². The molecule has 0 aliphatic rings. The topological polar surface area (TPSA) is 99.3 Å². The summed E-state index contributed by atoms with van der Waals surface area (Å²) in [4.78, 5) is 10.7. The molecule has 0 radical (unpaired) electrons. The standard InChI is InChI=1S/C7H5N5O3/c13-11(14)7-2-1-6(15-7)5-10-12-8-3-4-9-12/h1-5H/b10-5+. The molecule has 0 amide bonds. The fourth-order valence-corrected chi connectivity index (χ4v) is 0.887. The van der Waals surface area contributed by atoms with E-state index in [0.29, 0.717) is 0 Å².